The summed E-state index contributed by atoms with van der Waals surface area (Å²) < 4.78 is 9.68. The molecule has 0 heterocycles. The molecule has 0 fully saturated rings. The minimum absolute atomic E-state index is 0.0255. The van der Waals surface area contributed by atoms with E-state index >= 15 is 0 Å². The molecule has 2 amide bonds. The van der Waals surface area contributed by atoms with Crippen molar-refractivity contribution in [2.45, 2.75) is 35.6 Å². The van der Waals surface area contributed by atoms with Gasteiger partial charge < -0.3 is 0 Å². The third-order valence-electron chi connectivity index (χ3n) is 4.61. The first kappa shape index (κ1) is 27.6. The molecule has 0 aliphatic carbocycles. The van der Waals surface area contributed by atoms with E-state index in [-0.39, 0.29) is 50.9 Å². The van der Waals surface area contributed by atoms with E-state index in [2.05, 4.69) is 10.6 Å². The Morgan fingerprint density at radius 2 is 1.03 bits per heavy atom. The number of ether oxygens (including phenoxy) is 2. The molecule has 2 aromatic rings. The summed E-state index contributed by atoms with van der Waals surface area (Å²) in [5.74, 6) is -1.52. The van der Waals surface area contributed by atoms with E-state index in [0.717, 1.165) is 11.1 Å². The number of amides is 2. The monoisotopic (exact) mass is 600 g/mol. The van der Waals surface area contributed by atoms with Crippen molar-refractivity contribution >= 4 is 50.0 Å². The number of hydrogen-bond donors (Lipinski definition) is 2. The van der Waals surface area contributed by atoms with Crippen LogP contribution in [0.25, 0.3) is 0 Å². The van der Waals surface area contributed by atoms with Crippen molar-refractivity contribution in [1.82, 2.24) is 10.6 Å². The van der Waals surface area contributed by atoms with Gasteiger partial charge in [0.25, 0.3) is 0 Å². The Kier molecular flexibility index (Phi) is 12.4. The maximum absolute atomic E-state index is 12.4. The van der Waals surface area contributed by atoms with Crippen LogP contribution >= 0.6 is 0 Å². The second-order valence-corrected chi connectivity index (χ2v) is 14.7. The number of carbonyl (C=O) groups excluding carboxylic acids is 4. The van der Waals surface area contributed by atoms with E-state index in [1.807, 2.05) is 60.7 Å². The van der Waals surface area contributed by atoms with Crippen molar-refractivity contribution in [3.8, 4) is 0 Å². The van der Waals surface area contributed by atoms with Crippen LogP contribution in [0.15, 0.2) is 60.7 Å². The molecule has 2 rings (SSSR count). The Labute approximate surface area is 210 Å². The Balaban J connectivity index is 1.84. The molecular weight excluding hydrogens is 570 g/mol. The molecule has 0 saturated carbocycles. The number of carbonyl (C=O) groups is 4. The summed E-state index contributed by atoms with van der Waals surface area (Å²) in [6.07, 6.45) is 0.342. The predicted octanol–water partition coefficient (Wildman–Crippen LogP) is 0.947. The van der Waals surface area contributed by atoms with Gasteiger partial charge in [-0.3, -0.25) is 0 Å². The Hall–Kier alpha value is -2.64. The summed E-state index contributed by atoms with van der Waals surface area (Å²) in [4.78, 5) is 49.0. The zero-order chi connectivity index (χ0) is 24.8. The second-order valence-electron chi connectivity index (χ2n) is 7.18. The van der Waals surface area contributed by atoms with Gasteiger partial charge in [-0.05, 0) is 0 Å². The molecule has 0 radical (unpaired) electrons. The number of methoxy groups -OCH3 is 2. The zero-order valence-electron chi connectivity index (χ0n) is 19.0. The third-order valence-corrected chi connectivity index (χ3v) is 11.7. The molecule has 2 aromatic carbocycles. The first-order valence-corrected chi connectivity index (χ1v) is 17.2. The minimum atomic E-state index is -0.743. The van der Waals surface area contributed by atoms with Crippen LogP contribution in [0.3, 0.4) is 0 Å². The van der Waals surface area contributed by atoms with Crippen molar-refractivity contribution in [2.75, 3.05) is 14.2 Å². The molecule has 0 aromatic heterocycles. The summed E-state index contributed by atoms with van der Waals surface area (Å²) in [5, 5.41) is 6.37. The second kappa shape index (κ2) is 15.3. The van der Waals surface area contributed by atoms with Gasteiger partial charge in [0.1, 0.15) is 0 Å². The van der Waals surface area contributed by atoms with Crippen LogP contribution in [0.1, 0.15) is 11.1 Å². The standard InChI is InChI=1S/C24H28N2O6Se2/c1-31-23(29)19(25-21(27)13-17-9-5-3-6-10-17)15-33-34-16-20(24(30)32-2)26-22(28)14-18-11-7-4-8-12-18/h3-12,19-20H,13-16H2,1-2H3,(H,25,27)(H,26,28). The van der Waals surface area contributed by atoms with E-state index in [1.54, 1.807) is 0 Å². The molecule has 2 atom stereocenters. The third kappa shape index (κ3) is 10.1. The molecule has 0 bridgehead atoms. The fraction of sp³-hybridized carbons (Fsp3) is 0.333. The molecule has 0 aliphatic rings. The van der Waals surface area contributed by atoms with E-state index in [9.17, 15) is 19.2 Å². The van der Waals surface area contributed by atoms with Crippen LogP contribution in [-0.2, 0) is 41.5 Å². The van der Waals surface area contributed by atoms with E-state index < -0.39 is 24.0 Å². The first-order valence-electron chi connectivity index (χ1n) is 10.5. The predicted molar refractivity (Wildman–Crippen MR) is 129 cm³/mol. The Morgan fingerprint density at radius 3 is 1.35 bits per heavy atom. The molecule has 2 unspecified atom stereocenters. The van der Waals surface area contributed by atoms with E-state index in [4.69, 9.17) is 9.47 Å². The average molecular weight is 598 g/mol. The van der Waals surface area contributed by atoms with Crippen LogP contribution in [0.2, 0.25) is 10.6 Å². The molecule has 0 spiro atoms. The van der Waals surface area contributed by atoms with Crippen molar-refractivity contribution in [2.24, 2.45) is 0 Å². The van der Waals surface area contributed by atoms with Gasteiger partial charge in [0.05, 0.1) is 0 Å². The van der Waals surface area contributed by atoms with Crippen LogP contribution in [0.5, 0.6) is 0 Å². The van der Waals surface area contributed by atoms with E-state index in [0.29, 0.717) is 10.6 Å². The van der Waals surface area contributed by atoms with Gasteiger partial charge in [-0.2, -0.15) is 0 Å². The summed E-state index contributed by atoms with van der Waals surface area (Å²) in [7, 11) is 2.57. The summed E-state index contributed by atoms with van der Waals surface area (Å²) >= 11 is -0.0510. The summed E-state index contributed by atoms with van der Waals surface area (Å²) in [5.41, 5.74) is 1.70. The Bertz CT molecular complexity index is 865. The fourth-order valence-corrected chi connectivity index (χ4v) is 9.87. The zero-order valence-corrected chi connectivity index (χ0v) is 22.4. The van der Waals surface area contributed by atoms with Gasteiger partial charge in [-0.1, -0.05) is 0 Å². The van der Waals surface area contributed by atoms with Crippen LogP contribution in [0, 0.1) is 0 Å². The fourth-order valence-electron chi connectivity index (χ4n) is 2.91. The molecule has 2 N–H and O–H groups in total. The normalized spacial score (nSPS) is 12.2. The number of benzene rings is 2. The molecule has 0 aliphatic heterocycles. The Morgan fingerprint density at radius 1 is 0.676 bits per heavy atom. The van der Waals surface area contributed by atoms with Crippen molar-refractivity contribution < 1.29 is 28.7 Å². The van der Waals surface area contributed by atoms with Crippen LogP contribution in [-0.4, -0.2) is 76.3 Å². The average Bonchev–Trinajstić information content (AvgIpc) is 2.85. The first-order chi connectivity index (χ1) is 16.4. The number of rotatable bonds is 13. The van der Waals surface area contributed by atoms with Crippen LogP contribution < -0.4 is 10.6 Å². The topological polar surface area (TPSA) is 111 Å². The number of esters is 2. The van der Waals surface area contributed by atoms with Gasteiger partial charge in [0.15, 0.2) is 0 Å². The maximum atomic E-state index is 12.4. The molecular formula is C24H28N2O6Se2. The van der Waals surface area contributed by atoms with Crippen LogP contribution in [0.4, 0.5) is 0 Å². The molecule has 10 heteroatoms. The molecule has 8 nitrogen and oxygen atoms in total. The molecule has 182 valence electrons. The SMILES string of the molecule is COC(=O)C(C[Se][Se]CC(NC(=O)Cc1ccccc1)C(=O)OC)NC(=O)Cc1ccccc1. The van der Waals surface area contributed by atoms with Gasteiger partial charge in [-0.25, -0.2) is 0 Å². The van der Waals surface area contributed by atoms with Gasteiger partial charge in [0, 0.05) is 0 Å². The summed E-state index contributed by atoms with van der Waals surface area (Å²) in [6.45, 7) is 0. The van der Waals surface area contributed by atoms with Gasteiger partial charge in [-0.15, -0.1) is 0 Å². The van der Waals surface area contributed by atoms with Crippen molar-refractivity contribution in [3.63, 3.8) is 0 Å². The number of nitrogens with one attached hydrogen (secondary N) is 2. The summed E-state index contributed by atoms with van der Waals surface area (Å²) in [6, 6.07) is 17.0. The molecule has 0 saturated heterocycles. The van der Waals surface area contributed by atoms with Crippen molar-refractivity contribution in [3.05, 3.63) is 71.8 Å². The molecule has 34 heavy (non-hydrogen) atoms. The quantitative estimate of drug-likeness (QED) is 0.202. The van der Waals surface area contributed by atoms with Gasteiger partial charge >= 0.3 is 211 Å². The van der Waals surface area contributed by atoms with Gasteiger partial charge in [0.2, 0.25) is 0 Å². The number of hydrogen-bond acceptors (Lipinski definition) is 6. The van der Waals surface area contributed by atoms with E-state index in [1.165, 1.54) is 14.2 Å². The van der Waals surface area contributed by atoms with Crippen molar-refractivity contribution in [1.29, 1.82) is 0 Å².